The average molecular weight is 228 g/mol. The van der Waals surface area contributed by atoms with Crippen molar-refractivity contribution in [1.82, 2.24) is 0 Å². The normalized spacial score (nSPS) is 17.0. The Hall–Kier alpha value is -1.04. The molecule has 0 bridgehead atoms. The van der Waals surface area contributed by atoms with Gasteiger partial charge in [-0.05, 0) is 42.2 Å². The van der Waals surface area contributed by atoms with Gasteiger partial charge in [0.25, 0.3) is 0 Å². The van der Waals surface area contributed by atoms with E-state index < -0.39 is 0 Å². The molecule has 1 fully saturated rings. The molecule has 0 unspecified atom stereocenters. The summed E-state index contributed by atoms with van der Waals surface area (Å²) in [5.74, 6) is 0. The summed E-state index contributed by atoms with van der Waals surface area (Å²) < 4.78 is 0. The van der Waals surface area contributed by atoms with Crippen LogP contribution in [0, 0.1) is 0 Å². The van der Waals surface area contributed by atoms with Crippen molar-refractivity contribution in [2.45, 2.75) is 58.3 Å². The Balaban J connectivity index is 2.32. The summed E-state index contributed by atoms with van der Waals surface area (Å²) in [4.78, 5) is 0. The highest BCUT2D eigenvalue weighted by atomic mass is 14.2. The Bertz CT molecular complexity index is 396. The van der Waals surface area contributed by atoms with Gasteiger partial charge in [0.05, 0.1) is 0 Å². The van der Waals surface area contributed by atoms with Crippen LogP contribution in [0.5, 0.6) is 0 Å². The van der Waals surface area contributed by atoms with Crippen LogP contribution in [0.25, 0.3) is 6.08 Å². The van der Waals surface area contributed by atoms with Crippen LogP contribution in [0.2, 0.25) is 0 Å². The molecule has 0 nitrogen and oxygen atoms in total. The van der Waals surface area contributed by atoms with Crippen molar-refractivity contribution in [3.63, 3.8) is 0 Å². The van der Waals surface area contributed by atoms with Gasteiger partial charge in [0.15, 0.2) is 0 Å². The largest absolute Gasteiger partial charge is 0.0696 e. The summed E-state index contributed by atoms with van der Waals surface area (Å²) in [6.07, 6.45) is 9.22. The summed E-state index contributed by atoms with van der Waals surface area (Å²) in [7, 11) is 0. The molecular weight excluding hydrogens is 204 g/mol. The van der Waals surface area contributed by atoms with Crippen molar-refractivity contribution in [3.8, 4) is 0 Å². The molecule has 1 aliphatic carbocycles. The third kappa shape index (κ3) is 3.21. The third-order valence-electron chi connectivity index (χ3n) is 3.62. The molecule has 0 aliphatic heterocycles. The summed E-state index contributed by atoms with van der Waals surface area (Å²) in [5.41, 5.74) is 4.78. The Morgan fingerprint density at radius 3 is 2.24 bits per heavy atom. The highest BCUT2D eigenvalue weighted by Crippen LogP contribution is 2.30. The van der Waals surface area contributed by atoms with Crippen molar-refractivity contribution in [3.05, 3.63) is 41.0 Å². The van der Waals surface area contributed by atoms with E-state index >= 15 is 0 Å². The predicted octanol–water partition coefficient (Wildman–Crippen LogP) is 5.33. The summed E-state index contributed by atoms with van der Waals surface area (Å²) in [6.45, 7) is 6.89. The van der Waals surface area contributed by atoms with Gasteiger partial charge in [0, 0.05) is 0 Å². The number of hydrogen-bond acceptors (Lipinski definition) is 0. The minimum absolute atomic E-state index is 0.238. The first-order valence-electron chi connectivity index (χ1n) is 6.86. The molecule has 17 heavy (non-hydrogen) atoms. The zero-order valence-corrected chi connectivity index (χ0v) is 11.4. The van der Waals surface area contributed by atoms with Gasteiger partial charge in [-0.1, -0.05) is 63.1 Å². The molecule has 0 atom stereocenters. The van der Waals surface area contributed by atoms with Gasteiger partial charge in [0.1, 0.15) is 0 Å². The molecule has 2 rings (SSSR count). The Morgan fingerprint density at radius 2 is 1.59 bits per heavy atom. The monoisotopic (exact) mass is 228 g/mol. The smallest absolute Gasteiger partial charge is 0.0126 e. The van der Waals surface area contributed by atoms with Crippen LogP contribution in [-0.2, 0) is 5.41 Å². The van der Waals surface area contributed by atoms with Crippen molar-refractivity contribution >= 4 is 6.08 Å². The maximum absolute atomic E-state index is 2.44. The van der Waals surface area contributed by atoms with Crippen LogP contribution >= 0.6 is 0 Å². The van der Waals surface area contributed by atoms with E-state index in [0.29, 0.717) is 0 Å². The fraction of sp³-hybridized carbons (Fsp3) is 0.529. The minimum atomic E-state index is 0.238. The van der Waals surface area contributed by atoms with E-state index in [-0.39, 0.29) is 5.41 Å². The lowest BCUT2D eigenvalue weighted by Crippen LogP contribution is -2.12. The molecule has 0 aromatic heterocycles. The lowest BCUT2D eigenvalue weighted by Gasteiger charge is -2.22. The maximum Gasteiger partial charge on any atom is -0.0126 e. The quantitative estimate of drug-likeness (QED) is 0.609. The average Bonchev–Trinajstić information content (AvgIpc) is 2.30. The highest BCUT2D eigenvalue weighted by molar-refractivity contribution is 5.58. The molecule has 0 N–H and O–H groups in total. The molecule has 0 spiro atoms. The maximum atomic E-state index is 2.44. The standard InChI is InChI=1S/C17H24/c1-17(2,3)16-12-8-7-11-15(16)13-14-9-5-4-6-10-14/h7-8,11-13H,4-6,9-10H2,1-3H3. The van der Waals surface area contributed by atoms with Crippen molar-refractivity contribution in [2.75, 3.05) is 0 Å². The summed E-state index contributed by atoms with van der Waals surface area (Å²) in [6, 6.07) is 8.85. The van der Waals surface area contributed by atoms with E-state index in [4.69, 9.17) is 0 Å². The minimum Gasteiger partial charge on any atom is -0.0696 e. The molecule has 1 aromatic rings. The Morgan fingerprint density at radius 1 is 0.941 bits per heavy atom. The fourth-order valence-corrected chi connectivity index (χ4v) is 2.68. The second-order valence-electron chi connectivity index (χ2n) is 6.20. The fourth-order valence-electron chi connectivity index (χ4n) is 2.68. The molecule has 92 valence electrons. The first-order chi connectivity index (χ1) is 8.07. The lowest BCUT2D eigenvalue weighted by molar-refractivity contribution is 0.587. The van der Waals surface area contributed by atoms with Crippen molar-refractivity contribution in [2.24, 2.45) is 0 Å². The van der Waals surface area contributed by atoms with Crippen LogP contribution < -0.4 is 0 Å². The molecule has 1 saturated carbocycles. The predicted molar refractivity (Wildman–Crippen MR) is 76.2 cm³/mol. The van der Waals surface area contributed by atoms with Crippen LogP contribution in [0.3, 0.4) is 0 Å². The molecule has 0 heteroatoms. The van der Waals surface area contributed by atoms with Gasteiger partial charge in [-0.3, -0.25) is 0 Å². The molecule has 0 amide bonds. The molecule has 0 heterocycles. The van der Waals surface area contributed by atoms with Gasteiger partial charge in [-0.25, -0.2) is 0 Å². The second-order valence-corrected chi connectivity index (χ2v) is 6.20. The van der Waals surface area contributed by atoms with Crippen molar-refractivity contribution in [1.29, 1.82) is 0 Å². The molecule has 1 aromatic carbocycles. The molecular formula is C17H24. The Kier molecular flexibility index (Phi) is 3.71. The number of allylic oxidation sites excluding steroid dienone is 1. The topological polar surface area (TPSA) is 0 Å². The van der Waals surface area contributed by atoms with E-state index in [1.807, 2.05) is 0 Å². The van der Waals surface area contributed by atoms with E-state index in [2.05, 4.69) is 51.1 Å². The summed E-state index contributed by atoms with van der Waals surface area (Å²) >= 11 is 0. The van der Waals surface area contributed by atoms with Crippen LogP contribution in [-0.4, -0.2) is 0 Å². The second kappa shape index (κ2) is 5.08. The van der Waals surface area contributed by atoms with Crippen LogP contribution in [0.1, 0.15) is 64.0 Å². The first-order valence-corrected chi connectivity index (χ1v) is 6.86. The van der Waals surface area contributed by atoms with Crippen LogP contribution in [0.4, 0.5) is 0 Å². The summed E-state index contributed by atoms with van der Waals surface area (Å²) in [5, 5.41) is 0. The number of rotatable bonds is 1. The molecule has 0 radical (unpaired) electrons. The molecule has 0 saturated heterocycles. The number of benzene rings is 1. The van der Waals surface area contributed by atoms with Gasteiger partial charge in [-0.2, -0.15) is 0 Å². The third-order valence-corrected chi connectivity index (χ3v) is 3.62. The van der Waals surface area contributed by atoms with E-state index in [1.165, 1.54) is 43.2 Å². The van der Waals surface area contributed by atoms with Gasteiger partial charge < -0.3 is 0 Å². The number of hydrogen-bond donors (Lipinski definition) is 0. The first kappa shape index (κ1) is 12.4. The lowest BCUT2D eigenvalue weighted by atomic mass is 9.82. The zero-order chi connectivity index (χ0) is 12.3. The van der Waals surface area contributed by atoms with E-state index in [0.717, 1.165) is 0 Å². The van der Waals surface area contributed by atoms with E-state index in [1.54, 1.807) is 5.57 Å². The van der Waals surface area contributed by atoms with Gasteiger partial charge >= 0.3 is 0 Å². The Labute approximate surface area is 106 Å². The SMILES string of the molecule is CC(C)(C)c1ccccc1C=C1CCCCC1. The molecule has 1 aliphatic rings. The van der Waals surface area contributed by atoms with Gasteiger partial charge in [0.2, 0.25) is 0 Å². The zero-order valence-electron chi connectivity index (χ0n) is 11.4. The van der Waals surface area contributed by atoms with Gasteiger partial charge in [-0.15, -0.1) is 0 Å². The van der Waals surface area contributed by atoms with Crippen LogP contribution in [0.15, 0.2) is 29.8 Å². The van der Waals surface area contributed by atoms with E-state index in [9.17, 15) is 0 Å². The highest BCUT2D eigenvalue weighted by Gasteiger charge is 2.16. The van der Waals surface area contributed by atoms with Crippen molar-refractivity contribution < 1.29 is 0 Å².